The van der Waals surface area contributed by atoms with Gasteiger partial charge >= 0.3 is 0 Å². The summed E-state index contributed by atoms with van der Waals surface area (Å²) in [6.45, 7) is 3.45. The maximum atomic E-state index is 11.5. The summed E-state index contributed by atoms with van der Waals surface area (Å²) in [5.74, 6) is -0.918. The van der Waals surface area contributed by atoms with Gasteiger partial charge in [-0.05, 0) is 18.2 Å². The first-order valence-electron chi connectivity index (χ1n) is 4.71. The molecule has 80 valence electrons. The Balaban J connectivity index is 2.74. The van der Waals surface area contributed by atoms with Crippen molar-refractivity contribution in [2.45, 2.75) is 13.8 Å². The van der Waals surface area contributed by atoms with Gasteiger partial charge in [-0.25, -0.2) is 0 Å². The van der Waals surface area contributed by atoms with E-state index < -0.39 is 5.91 Å². The largest absolute Gasteiger partial charge is 0.399 e. The molecule has 0 fully saturated rings. The summed E-state index contributed by atoms with van der Waals surface area (Å²) in [7, 11) is 0. The van der Waals surface area contributed by atoms with Crippen molar-refractivity contribution in [1.29, 1.82) is 0 Å². The van der Waals surface area contributed by atoms with Crippen LogP contribution in [-0.4, -0.2) is 11.8 Å². The Morgan fingerprint density at radius 1 is 1.33 bits per heavy atom. The SMILES string of the molecule is CC(C)C(=O)NC(=O)c1cccc(N)c1. The quantitative estimate of drug-likeness (QED) is 0.714. The number of nitrogens with two attached hydrogens (primary N) is 1. The number of hydrogen-bond donors (Lipinski definition) is 2. The number of rotatable bonds is 2. The standard InChI is InChI=1S/C11H14N2O2/c1-7(2)10(14)13-11(15)8-4-3-5-9(12)6-8/h3-7H,12H2,1-2H3,(H,13,14,15). The van der Waals surface area contributed by atoms with E-state index in [9.17, 15) is 9.59 Å². The van der Waals surface area contributed by atoms with Crippen molar-refractivity contribution in [3.05, 3.63) is 29.8 Å². The molecule has 1 aromatic carbocycles. The van der Waals surface area contributed by atoms with Crippen molar-refractivity contribution in [1.82, 2.24) is 5.32 Å². The summed E-state index contributed by atoms with van der Waals surface area (Å²) in [5, 5.41) is 2.29. The van der Waals surface area contributed by atoms with Gasteiger partial charge in [0.25, 0.3) is 5.91 Å². The second-order valence-electron chi connectivity index (χ2n) is 3.60. The van der Waals surface area contributed by atoms with Gasteiger partial charge in [-0.15, -0.1) is 0 Å². The Hall–Kier alpha value is -1.84. The molecule has 0 atom stereocenters. The molecule has 2 amide bonds. The number of benzene rings is 1. The number of nitrogen functional groups attached to an aromatic ring is 1. The highest BCUT2D eigenvalue weighted by molar-refractivity contribution is 6.05. The Labute approximate surface area is 88.5 Å². The highest BCUT2D eigenvalue weighted by atomic mass is 16.2. The van der Waals surface area contributed by atoms with Crippen LogP contribution in [0.4, 0.5) is 5.69 Å². The maximum Gasteiger partial charge on any atom is 0.257 e. The van der Waals surface area contributed by atoms with E-state index in [1.54, 1.807) is 32.0 Å². The molecule has 0 saturated carbocycles. The lowest BCUT2D eigenvalue weighted by Gasteiger charge is -2.06. The van der Waals surface area contributed by atoms with Crippen molar-refractivity contribution >= 4 is 17.5 Å². The summed E-state index contributed by atoms with van der Waals surface area (Å²) in [4.78, 5) is 22.8. The van der Waals surface area contributed by atoms with E-state index in [4.69, 9.17) is 5.73 Å². The average molecular weight is 206 g/mol. The second kappa shape index (κ2) is 4.59. The molecule has 0 heterocycles. The van der Waals surface area contributed by atoms with Crippen LogP contribution in [0.2, 0.25) is 0 Å². The van der Waals surface area contributed by atoms with Crippen LogP contribution in [0, 0.1) is 5.92 Å². The third kappa shape index (κ3) is 3.09. The minimum atomic E-state index is -0.416. The van der Waals surface area contributed by atoms with E-state index in [0.717, 1.165) is 0 Å². The maximum absolute atomic E-state index is 11.5. The molecule has 3 N–H and O–H groups in total. The van der Waals surface area contributed by atoms with Gasteiger partial charge < -0.3 is 5.73 Å². The predicted octanol–water partition coefficient (Wildman–Crippen LogP) is 1.18. The lowest BCUT2D eigenvalue weighted by molar-refractivity contribution is -0.122. The van der Waals surface area contributed by atoms with E-state index in [1.165, 1.54) is 6.07 Å². The van der Waals surface area contributed by atoms with E-state index in [2.05, 4.69) is 5.32 Å². The second-order valence-corrected chi connectivity index (χ2v) is 3.60. The Bertz CT molecular complexity index is 386. The van der Waals surface area contributed by atoms with Gasteiger partial charge in [0.15, 0.2) is 0 Å². The number of carbonyl (C=O) groups excluding carboxylic acids is 2. The Morgan fingerprint density at radius 2 is 2.00 bits per heavy atom. The number of hydrogen-bond acceptors (Lipinski definition) is 3. The molecule has 4 heteroatoms. The van der Waals surface area contributed by atoms with E-state index >= 15 is 0 Å². The number of amides is 2. The summed E-state index contributed by atoms with van der Waals surface area (Å²) >= 11 is 0. The van der Waals surface area contributed by atoms with Crippen LogP contribution in [0.25, 0.3) is 0 Å². The molecular weight excluding hydrogens is 192 g/mol. The lowest BCUT2D eigenvalue weighted by Crippen LogP contribution is -2.33. The monoisotopic (exact) mass is 206 g/mol. The van der Waals surface area contributed by atoms with Crippen molar-refractivity contribution in [3.63, 3.8) is 0 Å². The van der Waals surface area contributed by atoms with Crippen LogP contribution >= 0.6 is 0 Å². The van der Waals surface area contributed by atoms with E-state index in [1.807, 2.05) is 0 Å². The van der Waals surface area contributed by atoms with Crippen molar-refractivity contribution in [2.24, 2.45) is 5.92 Å². The zero-order valence-electron chi connectivity index (χ0n) is 8.78. The summed E-state index contributed by atoms with van der Waals surface area (Å²) in [6.07, 6.45) is 0. The normalized spacial score (nSPS) is 10.1. The molecule has 0 aromatic heterocycles. The number of nitrogens with one attached hydrogen (secondary N) is 1. The van der Waals surface area contributed by atoms with Gasteiger partial charge in [0.05, 0.1) is 0 Å². The number of carbonyl (C=O) groups is 2. The summed E-state index contributed by atoms with van der Waals surface area (Å²) < 4.78 is 0. The first kappa shape index (κ1) is 11.2. The van der Waals surface area contributed by atoms with Crippen molar-refractivity contribution in [2.75, 3.05) is 5.73 Å². The first-order chi connectivity index (χ1) is 7.00. The minimum Gasteiger partial charge on any atom is -0.399 e. The molecule has 1 rings (SSSR count). The summed E-state index contributed by atoms with van der Waals surface area (Å²) in [5.41, 5.74) is 6.41. The zero-order chi connectivity index (χ0) is 11.4. The van der Waals surface area contributed by atoms with Gasteiger partial charge in [-0.3, -0.25) is 14.9 Å². The summed E-state index contributed by atoms with van der Waals surface area (Å²) in [6, 6.07) is 6.49. The smallest absolute Gasteiger partial charge is 0.257 e. The topological polar surface area (TPSA) is 72.2 Å². The van der Waals surface area contributed by atoms with Gasteiger partial charge in [0, 0.05) is 17.2 Å². The average Bonchev–Trinajstić information content (AvgIpc) is 2.17. The zero-order valence-corrected chi connectivity index (χ0v) is 8.78. The Morgan fingerprint density at radius 3 is 2.53 bits per heavy atom. The van der Waals surface area contributed by atoms with Gasteiger partial charge in [0.1, 0.15) is 0 Å². The van der Waals surface area contributed by atoms with Crippen LogP contribution in [0.5, 0.6) is 0 Å². The molecule has 0 spiro atoms. The van der Waals surface area contributed by atoms with Crippen molar-refractivity contribution < 1.29 is 9.59 Å². The highest BCUT2D eigenvalue weighted by Crippen LogP contribution is 2.06. The molecule has 1 aromatic rings. The molecule has 0 aliphatic carbocycles. The minimum absolute atomic E-state index is 0.213. The Kier molecular flexibility index (Phi) is 3.44. The molecular formula is C11H14N2O2. The third-order valence-corrected chi connectivity index (χ3v) is 1.91. The van der Waals surface area contributed by atoms with Gasteiger partial charge in [-0.2, -0.15) is 0 Å². The van der Waals surface area contributed by atoms with Crippen LogP contribution in [0.15, 0.2) is 24.3 Å². The first-order valence-corrected chi connectivity index (χ1v) is 4.71. The van der Waals surface area contributed by atoms with Crippen LogP contribution < -0.4 is 11.1 Å². The molecule has 0 unspecified atom stereocenters. The highest BCUT2D eigenvalue weighted by Gasteiger charge is 2.12. The van der Waals surface area contributed by atoms with E-state index in [0.29, 0.717) is 11.3 Å². The molecule has 15 heavy (non-hydrogen) atoms. The molecule has 0 bridgehead atoms. The molecule has 0 aliphatic heterocycles. The van der Waals surface area contributed by atoms with Crippen molar-refractivity contribution in [3.8, 4) is 0 Å². The number of anilines is 1. The molecule has 0 aliphatic rings. The van der Waals surface area contributed by atoms with Crippen LogP contribution in [-0.2, 0) is 4.79 Å². The third-order valence-electron chi connectivity index (χ3n) is 1.91. The van der Waals surface area contributed by atoms with Crippen LogP contribution in [0.1, 0.15) is 24.2 Å². The fraction of sp³-hybridized carbons (Fsp3) is 0.273. The fourth-order valence-corrected chi connectivity index (χ4v) is 1.01. The molecule has 0 saturated heterocycles. The van der Waals surface area contributed by atoms with Crippen LogP contribution in [0.3, 0.4) is 0 Å². The van der Waals surface area contributed by atoms with E-state index in [-0.39, 0.29) is 11.8 Å². The number of imide groups is 1. The molecule has 0 radical (unpaired) electrons. The molecule has 4 nitrogen and oxygen atoms in total. The lowest BCUT2D eigenvalue weighted by atomic mass is 10.1. The van der Waals surface area contributed by atoms with Gasteiger partial charge in [0.2, 0.25) is 5.91 Å². The fourth-order valence-electron chi connectivity index (χ4n) is 1.01. The predicted molar refractivity (Wildman–Crippen MR) is 58.2 cm³/mol. The van der Waals surface area contributed by atoms with Gasteiger partial charge in [-0.1, -0.05) is 19.9 Å².